The molecule has 7 aromatic heterocycles. The molecule has 622 valence electrons. The van der Waals surface area contributed by atoms with Crippen LogP contribution in [0.15, 0.2) is 467 Å². The first-order valence-corrected chi connectivity index (χ1v) is 45.6. The molecule has 0 saturated heterocycles. The van der Waals surface area contributed by atoms with Crippen molar-refractivity contribution in [3.63, 3.8) is 0 Å². The Hall–Kier alpha value is -17.7. The number of hydrogen-bond acceptors (Lipinski definition) is 4. The minimum atomic E-state index is 0.0000734. The monoisotopic (exact) mass is 1700 g/mol. The Morgan fingerprint density at radius 2 is 0.444 bits per heavy atom. The molecule has 19 aromatic carbocycles. The maximum absolute atomic E-state index is 5.52. The predicted octanol–water partition coefficient (Wildman–Crippen LogP) is 31.9. The first-order valence-electron chi connectivity index (χ1n) is 45.6. The van der Waals surface area contributed by atoms with Crippen LogP contribution in [0.5, 0.6) is 0 Å². The lowest BCUT2D eigenvalue weighted by Gasteiger charge is -2.26. The summed E-state index contributed by atoms with van der Waals surface area (Å²) in [6, 6.07) is 164. The zero-order valence-corrected chi connectivity index (χ0v) is 72.2. The van der Waals surface area contributed by atoms with Crippen molar-refractivity contribution in [1.82, 2.24) is 42.4 Å². The predicted molar refractivity (Wildman–Crippen MR) is 554 cm³/mol. The van der Waals surface area contributed by atoms with Crippen molar-refractivity contribution >= 4 is 153 Å². The van der Waals surface area contributed by atoms with Gasteiger partial charge in [0.15, 0.2) is 17.5 Å². The van der Waals surface area contributed by atoms with Crippen LogP contribution in [0.2, 0.25) is 0 Å². The minimum Gasteiger partial charge on any atom is -0.333 e. The van der Waals surface area contributed by atoms with E-state index in [1.807, 2.05) is 0 Å². The van der Waals surface area contributed by atoms with Gasteiger partial charge in [-0.2, -0.15) is 0 Å². The first-order chi connectivity index (χ1) is 65.9. The van der Waals surface area contributed by atoms with Crippen LogP contribution in [0.3, 0.4) is 0 Å². The number of aromatic nitrogens is 9. The second-order valence-corrected chi connectivity index (χ2v) is 35.0. The van der Waals surface area contributed by atoms with Gasteiger partial charge >= 0.3 is 0 Å². The summed E-state index contributed by atoms with van der Waals surface area (Å²) in [4.78, 5) is 18.9. The van der Waals surface area contributed by atoms with Gasteiger partial charge < -0.3 is 32.3 Å². The van der Waals surface area contributed by atoms with E-state index in [1.165, 1.54) is 104 Å². The second kappa shape index (κ2) is 30.5. The fourth-order valence-corrected chi connectivity index (χ4v) is 21.5. The standard InChI is InChI=1S/C123H80N10/c1-6-26-88(27-7-1)127(89-28-8-2-9-29-89)96-64-71-120-108(78-96)101-40-20-25-45-113(101)132(120)94-60-48-80(49-61-94)122-124-121(79-46-58-93(59-47-79)131-112-44-24-19-39-100(112)105-73-83(55-68-117(105)131)82-52-65-114-102(72-82)97-36-16-21-41-109(97)128(114)90-30-10-3-11-31-90)125-123(126-122)81-50-62-95(63-51-81)133-118-69-56-86(84-53-66-115-103(74-84)98-37-17-22-42-110(98)129(115)91-32-12-4-13-33-91)76-106(118)107-77-87(57-70-119(107)133)85-54-67-116-104(75-85)99-38-18-23-43-111(99)130(116)92-34-14-5-15-35-92/h1-60,62-78,94H,61H2. The Kier molecular flexibility index (Phi) is 17.3. The molecule has 1 aliphatic rings. The van der Waals surface area contributed by atoms with E-state index >= 15 is 0 Å². The van der Waals surface area contributed by atoms with Crippen molar-refractivity contribution in [3.05, 3.63) is 473 Å². The zero-order chi connectivity index (χ0) is 87.3. The summed E-state index contributed by atoms with van der Waals surface area (Å²) in [5.41, 5.74) is 32.2. The van der Waals surface area contributed by atoms with Gasteiger partial charge in [-0.05, 0) is 270 Å². The molecule has 0 radical (unpaired) electrons. The number of para-hydroxylation sites is 10. The van der Waals surface area contributed by atoms with Crippen molar-refractivity contribution in [2.45, 2.75) is 12.5 Å². The summed E-state index contributed by atoms with van der Waals surface area (Å²) in [5, 5.41) is 14.4. The minimum absolute atomic E-state index is 0.0000734. The summed E-state index contributed by atoms with van der Waals surface area (Å²) in [6.07, 6.45) is 7.60. The Balaban J connectivity index is 0.577. The SMILES string of the molecule is C1=CC(n2c3ccccc3c3cc(N(c4ccccc4)c4ccccc4)ccc32)CC=C1c1nc(-c2ccc(-n3c4ccccc4c4cc(-c5ccc6c(c5)c5ccccc5n6-c5ccccc5)ccc43)cc2)nc(-c2ccc(-n3c4ccc(-c5ccc6c(c5)c5ccccc5n6-c5ccccc5)cc4c4cc(-c5ccc6c(c5)c5ccccc5n6-c5ccccc5)ccc43)cc2)n1. The lowest BCUT2D eigenvalue weighted by molar-refractivity contribution is 0.649. The molecule has 0 fully saturated rings. The van der Waals surface area contributed by atoms with E-state index in [0.717, 1.165) is 123 Å². The summed E-state index contributed by atoms with van der Waals surface area (Å²) in [6.45, 7) is 0. The van der Waals surface area contributed by atoms with E-state index in [2.05, 4.69) is 499 Å². The van der Waals surface area contributed by atoms with Crippen LogP contribution in [0.25, 0.3) is 221 Å². The highest BCUT2D eigenvalue weighted by atomic mass is 15.1. The van der Waals surface area contributed by atoms with Crippen molar-refractivity contribution in [2.24, 2.45) is 0 Å². The van der Waals surface area contributed by atoms with Gasteiger partial charge in [-0.15, -0.1) is 0 Å². The number of allylic oxidation sites excluding steroid dienone is 4. The molecule has 10 nitrogen and oxygen atoms in total. The fraction of sp³-hybridized carbons (Fsp3) is 0.0163. The van der Waals surface area contributed by atoms with Gasteiger partial charge in [-0.25, -0.2) is 15.0 Å². The normalized spacial score (nSPS) is 13.0. The molecule has 27 rings (SSSR count). The smallest absolute Gasteiger partial charge is 0.164 e. The van der Waals surface area contributed by atoms with E-state index in [9.17, 15) is 0 Å². The van der Waals surface area contributed by atoms with E-state index in [4.69, 9.17) is 15.0 Å². The van der Waals surface area contributed by atoms with Crippen LogP contribution in [0.1, 0.15) is 18.3 Å². The van der Waals surface area contributed by atoms with Crippen LogP contribution in [0, 0.1) is 0 Å². The highest BCUT2D eigenvalue weighted by Gasteiger charge is 2.27. The molecule has 1 atom stereocenters. The van der Waals surface area contributed by atoms with Gasteiger partial charge in [0.25, 0.3) is 0 Å². The number of hydrogen-bond donors (Lipinski definition) is 0. The van der Waals surface area contributed by atoms with Gasteiger partial charge in [0.2, 0.25) is 0 Å². The number of anilines is 3. The second-order valence-electron chi connectivity index (χ2n) is 35.0. The molecule has 10 heteroatoms. The lowest BCUT2D eigenvalue weighted by atomic mass is 9.98. The van der Waals surface area contributed by atoms with Crippen LogP contribution < -0.4 is 4.90 Å². The molecule has 133 heavy (non-hydrogen) atoms. The van der Waals surface area contributed by atoms with Gasteiger partial charge in [0.1, 0.15) is 0 Å². The Labute approximate surface area is 765 Å². The topological polar surface area (TPSA) is 71.5 Å². The van der Waals surface area contributed by atoms with Crippen LogP contribution in [-0.2, 0) is 0 Å². The summed E-state index contributed by atoms with van der Waals surface area (Å²) in [5.74, 6) is 1.76. The molecule has 0 saturated carbocycles. The number of rotatable bonds is 15. The Morgan fingerprint density at radius 3 is 0.774 bits per heavy atom. The molecule has 7 heterocycles. The van der Waals surface area contributed by atoms with Crippen molar-refractivity contribution in [3.8, 4) is 84.6 Å². The van der Waals surface area contributed by atoms with E-state index in [0.29, 0.717) is 23.9 Å². The molecule has 1 aliphatic carbocycles. The van der Waals surface area contributed by atoms with E-state index < -0.39 is 0 Å². The largest absolute Gasteiger partial charge is 0.333 e. The quantitative estimate of drug-likeness (QED) is 0.103. The van der Waals surface area contributed by atoms with E-state index in [-0.39, 0.29) is 6.04 Å². The van der Waals surface area contributed by atoms with Crippen molar-refractivity contribution < 1.29 is 0 Å². The van der Waals surface area contributed by atoms with Gasteiger partial charge in [-0.3, -0.25) is 0 Å². The average Bonchev–Trinajstić information content (AvgIpc) is 1.65. The maximum Gasteiger partial charge on any atom is 0.164 e. The third kappa shape index (κ3) is 12.3. The summed E-state index contributed by atoms with van der Waals surface area (Å²) < 4.78 is 14.5. The molecular weight excluding hydrogens is 1620 g/mol. The summed E-state index contributed by atoms with van der Waals surface area (Å²) in [7, 11) is 0. The Morgan fingerprint density at radius 1 is 0.195 bits per heavy atom. The maximum atomic E-state index is 5.52. The number of nitrogens with zero attached hydrogens (tertiary/aromatic N) is 10. The molecular formula is C123H80N10. The van der Waals surface area contributed by atoms with Crippen LogP contribution in [0.4, 0.5) is 17.1 Å². The molecule has 0 N–H and O–H groups in total. The van der Waals surface area contributed by atoms with Crippen LogP contribution >= 0.6 is 0 Å². The number of benzene rings is 19. The van der Waals surface area contributed by atoms with Gasteiger partial charge in [0.05, 0.1) is 61.2 Å². The third-order valence-corrected chi connectivity index (χ3v) is 27.5. The fourth-order valence-electron chi connectivity index (χ4n) is 21.5. The number of fused-ring (bicyclic) bond motifs is 18. The molecule has 1 unspecified atom stereocenters. The molecule has 0 amide bonds. The average molecular weight is 1700 g/mol. The van der Waals surface area contributed by atoms with Gasteiger partial charge in [0, 0.05) is 138 Å². The molecule has 26 aromatic rings. The molecule has 0 spiro atoms. The first kappa shape index (κ1) is 75.4. The zero-order valence-electron chi connectivity index (χ0n) is 72.2. The van der Waals surface area contributed by atoms with Crippen LogP contribution in [-0.4, -0.2) is 42.4 Å². The van der Waals surface area contributed by atoms with Gasteiger partial charge in [-0.1, -0.05) is 237 Å². The highest BCUT2D eigenvalue weighted by Crippen LogP contribution is 2.47. The van der Waals surface area contributed by atoms with Crippen molar-refractivity contribution in [2.75, 3.05) is 4.90 Å². The Bertz CT molecular complexity index is 9020. The van der Waals surface area contributed by atoms with Crippen molar-refractivity contribution in [1.29, 1.82) is 0 Å². The highest BCUT2D eigenvalue weighted by molar-refractivity contribution is 6.17. The molecule has 0 aliphatic heterocycles. The summed E-state index contributed by atoms with van der Waals surface area (Å²) >= 11 is 0. The van der Waals surface area contributed by atoms with E-state index in [1.54, 1.807) is 0 Å². The molecule has 0 bridgehead atoms. The lowest BCUT2D eigenvalue weighted by Crippen LogP contribution is -2.10. The third-order valence-electron chi connectivity index (χ3n) is 27.5.